The highest BCUT2D eigenvalue weighted by Crippen LogP contribution is 2.21. The quantitative estimate of drug-likeness (QED) is 0.895. The zero-order valence-electron chi connectivity index (χ0n) is 11.1. The minimum atomic E-state index is -0.420. The lowest BCUT2D eigenvalue weighted by molar-refractivity contribution is 0.0293. The van der Waals surface area contributed by atoms with Crippen molar-refractivity contribution >= 4 is 22.4 Å². The first-order valence-electron chi connectivity index (χ1n) is 6.22. The molecule has 1 saturated heterocycles. The Morgan fingerprint density at radius 3 is 2.94 bits per heavy atom. The molecular weight excluding hydrogens is 248 g/mol. The molecule has 18 heavy (non-hydrogen) atoms. The number of carbonyl (C=O) groups is 1. The molecule has 2 heterocycles. The van der Waals surface area contributed by atoms with Gasteiger partial charge in [0.15, 0.2) is 0 Å². The van der Waals surface area contributed by atoms with Gasteiger partial charge in [0.1, 0.15) is 5.60 Å². The molecular formula is C13H20N2O2S. The standard InChI is InChI=1S/C13H20N2O2S/c1-13(2,3)17-12(16)15-7-6-10(9-15)14-11-5-4-8-18-11/h4-5,8,10,14H,6-7,9H2,1-3H3. The number of hydrogen-bond acceptors (Lipinski definition) is 4. The lowest BCUT2D eigenvalue weighted by Crippen LogP contribution is -2.36. The monoisotopic (exact) mass is 268 g/mol. The summed E-state index contributed by atoms with van der Waals surface area (Å²) in [7, 11) is 0. The SMILES string of the molecule is CC(C)(C)OC(=O)N1CCC(Nc2cccs2)C1. The summed E-state index contributed by atoms with van der Waals surface area (Å²) in [4.78, 5) is 13.7. The van der Waals surface area contributed by atoms with Crippen LogP contribution in [0, 0.1) is 0 Å². The molecule has 0 aliphatic carbocycles. The molecule has 1 N–H and O–H groups in total. The van der Waals surface area contributed by atoms with Crippen LogP contribution < -0.4 is 5.32 Å². The van der Waals surface area contributed by atoms with E-state index in [9.17, 15) is 4.79 Å². The highest BCUT2D eigenvalue weighted by atomic mass is 32.1. The van der Waals surface area contributed by atoms with Crippen LogP contribution in [0.3, 0.4) is 0 Å². The summed E-state index contributed by atoms with van der Waals surface area (Å²) in [5.74, 6) is 0. The number of thiophene rings is 1. The fraction of sp³-hybridized carbons (Fsp3) is 0.615. The van der Waals surface area contributed by atoms with Crippen LogP contribution in [0.1, 0.15) is 27.2 Å². The second-order valence-electron chi connectivity index (χ2n) is 5.53. The highest BCUT2D eigenvalue weighted by Gasteiger charge is 2.29. The molecule has 0 bridgehead atoms. The maximum atomic E-state index is 11.9. The van der Waals surface area contributed by atoms with Crippen LogP contribution in [0.15, 0.2) is 17.5 Å². The molecule has 1 amide bonds. The first-order chi connectivity index (χ1) is 8.44. The Morgan fingerprint density at radius 1 is 1.56 bits per heavy atom. The number of likely N-dealkylation sites (tertiary alicyclic amines) is 1. The average Bonchev–Trinajstić information content (AvgIpc) is 2.86. The van der Waals surface area contributed by atoms with Gasteiger partial charge in [-0.2, -0.15) is 0 Å². The molecule has 0 saturated carbocycles. The summed E-state index contributed by atoms with van der Waals surface area (Å²) in [6.45, 7) is 7.15. The second kappa shape index (κ2) is 5.18. The van der Waals surface area contributed by atoms with Crippen molar-refractivity contribution in [3.8, 4) is 0 Å². The summed E-state index contributed by atoms with van der Waals surface area (Å²) in [5.41, 5.74) is -0.420. The molecule has 1 aliphatic heterocycles. The van der Waals surface area contributed by atoms with E-state index in [0.29, 0.717) is 12.6 Å². The topological polar surface area (TPSA) is 41.6 Å². The lowest BCUT2D eigenvalue weighted by atomic mass is 10.2. The van der Waals surface area contributed by atoms with E-state index in [2.05, 4.69) is 11.4 Å². The van der Waals surface area contributed by atoms with Crippen molar-refractivity contribution in [2.45, 2.75) is 38.8 Å². The number of rotatable bonds is 2. The molecule has 1 atom stereocenters. The van der Waals surface area contributed by atoms with E-state index in [1.807, 2.05) is 32.2 Å². The molecule has 100 valence electrons. The molecule has 0 radical (unpaired) electrons. The maximum Gasteiger partial charge on any atom is 0.410 e. The molecule has 4 nitrogen and oxygen atoms in total. The molecule has 0 spiro atoms. The van der Waals surface area contributed by atoms with Gasteiger partial charge in [0, 0.05) is 19.1 Å². The van der Waals surface area contributed by atoms with Crippen LogP contribution in [0.4, 0.5) is 9.80 Å². The number of amides is 1. The minimum absolute atomic E-state index is 0.210. The van der Waals surface area contributed by atoms with E-state index in [0.717, 1.165) is 18.0 Å². The third-order valence-corrected chi connectivity index (χ3v) is 3.51. The van der Waals surface area contributed by atoms with Gasteiger partial charge >= 0.3 is 6.09 Å². The summed E-state index contributed by atoms with van der Waals surface area (Å²) in [5, 5.41) is 6.64. The van der Waals surface area contributed by atoms with Crippen LogP contribution >= 0.6 is 11.3 Å². The average molecular weight is 268 g/mol. The molecule has 5 heteroatoms. The molecule has 1 fully saturated rings. The molecule has 1 aliphatic rings. The fourth-order valence-electron chi connectivity index (χ4n) is 1.93. The lowest BCUT2D eigenvalue weighted by Gasteiger charge is -2.24. The van der Waals surface area contributed by atoms with Gasteiger partial charge < -0.3 is 15.0 Å². The van der Waals surface area contributed by atoms with Crippen molar-refractivity contribution in [3.05, 3.63) is 17.5 Å². The molecule has 1 aromatic heterocycles. The summed E-state index contributed by atoms with van der Waals surface area (Å²) < 4.78 is 5.37. The number of anilines is 1. The van der Waals surface area contributed by atoms with Gasteiger partial charge in [0.05, 0.1) is 5.00 Å². The normalized spacial score (nSPS) is 19.9. The van der Waals surface area contributed by atoms with Crippen molar-refractivity contribution in [2.24, 2.45) is 0 Å². The highest BCUT2D eigenvalue weighted by molar-refractivity contribution is 7.14. The van der Waals surface area contributed by atoms with Crippen LogP contribution in [0.2, 0.25) is 0 Å². The van der Waals surface area contributed by atoms with E-state index in [1.54, 1.807) is 16.2 Å². The number of carbonyl (C=O) groups excluding carboxylic acids is 1. The molecule has 2 rings (SSSR count). The third-order valence-electron chi connectivity index (χ3n) is 2.71. The Hall–Kier alpha value is -1.23. The van der Waals surface area contributed by atoms with Crippen LogP contribution in [-0.2, 0) is 4.74 Å². The molecule has 1 unspecified atom stereocenters. The van der Waals surface area contributed by atoms with Crippen LogP contribution in [0.25, 0.3) is 0 Å². The van der Waals surface area contributed by atoms with E-state index >= 15 is 0 Å². The number of hydrogen-bond donors (Lipinski definition) is 1. The fourth-order valence-corrected chi connectivity index (χ4v) is 2.63. The Morgan fingerprint density at radius 2 is 2.33 bits per heavy atom. The van der Waals surface area contributed by atoms with E-state index in [1.165, 1.54) is 0 Å². The largest absolute Gasteiger partial charge is 0.444 e. The first-order valence-corrected chi connectivity index (χ1v) is 7.10. The van der Waals surface area contributed by atoms with Gasteiger partial charge in [-0.05, 0) is 44.7 Å². The Bertz CT molecular complexity index is 398. The number of nitrogens with zero attached hydrogens (tertiary/aromatic N) is 1. The van der Waals surface area contributed by atoms with Gasteiger partial charge in [-0.15, -0.1) is 11.3 Å². The summed E-state index contributed by atoms with van der Waals surface area (Å²) in [6.07, 6.45) is 0.759. The molecule has 0 aromatic carbocycles. The second-order valence-corrected chi connectivity index (χ2v) is 6.48. The number of ether oxygens (including phenoxy) is 1. The van der Waals surface area contributed by atoms with Crippen molar-refractivity contribution < 1.29 is 9.53 Å². The Labute approximate surface area is 112 Å². The van der Waals surface area contributed by atoms with E-state index in [4.69, 9.17) is 4.74 Å². The van der Waals surface area contributed by atoms with Crippen molar-refractivity contribution in [2.75, 3.05) is 18.4 Å². The van der Waals surface area contributed by atoms with Gasteiger partial charge in [0.2, 0.25) is 0 Å². The smallest absolute Gasteiger partial charge is 0.410 e. The predicted molar refractivity (Wildman–Crippen MR) is 74.2 cm³/mol. The van der Waals surface area contributed by atoms with Crippen molar-refractivity contribution in [1.29, 1.82) is 0 Å². The van der Waals surface area contributed by atoms with E-state index in [-0.39, 0.29) is 6.09 Å². The zero-order valence-corrected chi connectivity index (χ0v) is 11.9. The number of nitrogens with one attached hydrogen (secondary N) is 1. The Balaban J connectivity index is 1.83. The minimum Gasteiger partial charge on any atom is -0.444 e. The summed E-state index contributed by atoms with van der Waals surface area (Å²) in [6, 6.07) is 4.41. The zero-order chi connectivity index (χ0) is 13.2. The van der Waals surface area contributed by atoms with Crippen molar-refractivity contribution in [1.82, 2.24) is 4.90 Å². The third kappa shape index (κ3) is 3.63. The predicted octanol–water partition coefficient (Wildman–Crippen LogP) is 3.17. The van der Waals surface area contributed by atoms with Crippen LogP contribution in [-0.4, -0.2) is 35.7 Å². The van der Waals surface area contributed by atoms with Gasteiger partial charge in [-0.3, -0.25) is 0 Å². The van der Waals surface area contributed by atoms with Crippen LogP contribution in [0.5, 0.6) is 0 Å². The summed E-state index contributed by atoms with van der Waals surface area (Å²) >= 11 is 1.68. The van der Waals surface area contributed by atoms with Gasteiger partial charge in [-0.25, -0.2) is 4.79 Å². The maximum absolute atomic E-state index is 11.9. The molecule has 1 aromatic rings. The van der Waals surface area contributed by atoms with Crippen molar-refractivity contribution in [3.63, 3.8) is 0 Å². The first kappa shape index (κ1) is 13.2. The van der Waals surface area contributed by atoms with Gasteiger partial charge in [0.25, 0.3) is 0 Å². The Kier molecular flexibility index (Phi) is 3.80. The van der Waals surface area contributed by atoms with E-state index < -0.39 is 5.60 Å². The van der Waals surface area contributed by atoms with Gasteiger partial charge in [-0.1, -0.05) is 0 Å².